The van der Waals surface area contributed by atoms with Gasteiger partial charge in [-0.2, -0.15) is 33.6 Å². The molecule has 18 rings (SSSR count). The number of ether oxygens (including phenoxy) is 1. The first-order valence-corrected chi connectivity index (χ1v) is 52.6. The number of hydrogen-bond donors (Lipinski definition) is 0. The van der Waals surface area contributed by atoms with E-state index >= 15 is 0 Å². The molecule has 0 atom stereocenters. The normalized spacial score (nSPS) is 11.2. The van der Waals surface area contributed by atoms with Gasteiger partial charge < -0.3 is 13.9 Å². The van der Waals surface area contributed by atoms with E-state index in [4.69, 9.17) is 26.9 Å². The number of non-ortho nitro benzene ring substituents is 1. The molecule has 14 aromatic carbocycles. The molecule has 0 radical (unpaired) electrons. The SMILES string of the molecule is C.C.C.Cc1ccc(S(=O)(=O)N(CCC(c2ccccc2)c2ccccc2)Cc2nncn2Cc2ccc(C#N)cc2)cc1.N#Cc1ccc(Cn2cnnc2CN(CCc2ccc(Br)cc2)Cc2ccc(Oc3ccccc3)cc2)cc1.O=S(=O)(c1ccccc1)N(CCc1ccccc1)Cc1ncn(Cc2cccc(Cl)c2)n1.O=[N+]([O-])c1cccc(Cn2cnc(CN(CCc3ccccc3)S(=O)(=O)c3ccccc3)n2)c1. The van der Waals surface area contributed by atoms with E-state index in [9.17, 15) is 35.4 Å². The number of sulfonamides is 3. The van der Waals surface area contributed by atoms with Gasteiger partial charge >= 0.3 is 0 Å². The first-order valence-electron chi connectivity index (χ1n) is 47.1. The zero-order valence-corrected chi connectivity index (χ0v) is 84.7. The number of aryl methyl sites for hydroxylation is 1. The summed E-state index contributed by atoms with van der Waals surface area (Å²) in [4.78, 5) is 22.3. The van der Waals surface area contributed by atoms with Gasteiger partial charge in [0.1, 0.15) is 48.5 Å². The number of para-hydroxylation sites is 1. The molecular formula is C116H117BrClN19O9S3. The van der Waals surface area contributed by atoms with E-state index in [2.05, 4.69) is 139 Å². The molecule has 4 aromatic heterocycles. The van der Waals surface area contributed by atoms with Crippen molar-refractivity contribution in [2.75, 3.05) is 26.2 Å². The van der Waals surface area contributed by atoms with Crippen LogP contribution in [-0.2, 0) is 108 Å². The van der Waals surface area contributed by atoms with E-state index in [0.717, 1.165) is 85.8 Å². The highest BCUT2D eigenvalue weighted by Crippen LogP contribution is 2.32. The van der Waals surface area contributed by atoms with Crippen molar-refractivity contribution in [3.05, 3.63) is 523 Å². The second-order valence-electron chi connectivity index (χ2n) is 34.4. The van der Waals surface area contributed by atoms with Crippen molar-refractivity contribution >= 4 is 63.3 Å². The molecule has 0 saturated heterocycles. The lowest BCUT2D eigenvalue weighted by Gasteiger charge is -2.25. The smallest absolute Gasteiger partial charge is 0.269 e. The summed E-state index contributed by atoms with van der Waals surface area (Å²) in [5, 5.41) is 55.8. The van der Waals surface area contributed by atoms with Crippen molar-refractivity contribution in [2.24, 2.45) is 0 Å². The van der Waals surface area contributed by atoms with Gasteiger partial charge in [-0.1, -0.05) is 316 Å². The molecule has 0 aliphatic carbocycles. The maximum Gasteiger partial charge on any atom is 0.269 e. The standard InChI is InChI=1S/C33H31N5O2S.C32H28BrN5O.C24H23ClN4O2S.C24H23N5O4S.3CH4/c1-26-12-18-31(19-13-26)41(39,40)38(21-20-32(29-8-4-2-5-9-29)30-10-6-3-7-11-30)24-33-36-35-25-37(33)23-28-16-14-27(22-34)15-17-28;33-29-14-10-25(11-15-29)18-19-37(21-27-12-16-31(17-13-27)39-30-4-2-1-3-5-30)23-32-36-35-24-38(32)22-28-8-6-26(20-34)7-9-28;25-22-11-7-10-21(16-22)17-28-19-26-24(27-28)18-29(15-14-20-8-3-1-4-9-20)32(30,31)23-12-5-2-6-13-23;30-29(31)22-11-7-10-21(16-22)17-27-19-25-24(26-27)18-28(15-14-20-8-3-1-4-9-20)34(32,33)23-12-5-2-6-13-23;;;/h2-19,25,32H,20-21,23-24H2,1H3;1-17,24H,18-19,21-23H2;1-13,16,19H,14-15,17-18H2;1-13,16,19H,14-15,17-18H2;3*1H4. The summed E-state index contributed by atoms with van der Waals surface area (Å²) in [6, 6.07) is 123. The predicted octanol–water partition coefficient (Wildman–Crippen LogP) is 22.9. The van der Waals surface area contributed by atoms with Gasteiger partial charge in [0.2, 0.25) is 30.1 Å². The molecule has 149 heavy (non-hydrogen) atoms. The topological polar surface area (TPSA) is 338 Å². The second-order valence-corrected chi connectivity index (χ2v) is 41.5. The molecule has 0 N–H and O–H groups in total. The molecule has 0 aliphatic rings. The fraction of sp³-hybridized carbons (Fsp3) is 0.190. The van der Waals surface area contributed by atoms with E-state index in [1.165, 1.54) is 42.5 Å². The molecule has 4 heterocycles. The summed E-state index contributed by atoms with van der Waals surface area (Å²) < 4.78 is 100.0. The van der Waals surface area contributed by atoms with Crippen LogP contribution in [0.2, 0.25) is 5.02 Å². The lowest BCUT2D eigenvalue weighted by molar-refractivity contribution is -0.384. The van der Waals surface area contributed by atoms with Crippen LogP contribution in [0.5, 0.6) is 11.5 Å². The molecule has 0 aliphatic heterocycles. The lowest BCUT2D eigenvalue weighted by Crippen LogP contribution is -2.33. The Hall–Kier alpha value is -15.7. The third kappa shape index (κ3) is 33.1. The Bertz CT molecular complexity index is 7630. The third-order valence-corrected chi connectivity index (χ3v) is 30.2. The fourth-order valence-corrected chi connectivity index (χ4v) is 20.8. The van der Waals surface area contributed by atoms with Crippen molar-refractivity contribution in [2.45, 2.75) is 134 Å². The molecule has 0 saturated carbocycles. The van der Waals surface area contributed by atoms with E-state index in [1.54, 1.807) is 125 Å². The zero-order chi connectivity index (χ0) is 102. The molecule has 762 valence electrons. The summed E-state index contributed by atoms with van der Waals surface area (Å²) in [5.74, 6) is 3.89. The maximum absolute atomic E-state index is 14.0. The minimum atomic E-state index is -3.84. The second kappa shape index (κ2) is 55.7. The summed E-state index contributed by atoms with van der Waals surface area (Å²) in [5.41, 5.74) is 12.8. The number of hydrogen-bond acceptors (Lipinski definition) is 20. The van der Waals surface area contributed by atoms with Crippen LogP contribution in [0.25, 0.3) is 0 Å². The Balaban J connectivity index is 0.000000176. The van der Waals surface area contributed by atoms with Gasteiger partial charge in [-0.15, -0.1) is 20.4 Å². The van der Waals surface area contributed by atoms with Crippen LogP contribution >= 0.6 is 27.5 Å². The van der Waals surface area contributed by atoms with Crippen LogP contribution in [0.1, 0.15) is 130 Å². The predicted molar refractivity (Wildman–Crippen MR) is 585 cm³/mol. The van der Waals surface area contributed by atoms with E-state index in [1.807, 2.05) is 224 Å². The quantitative estimate of drug-likeness (QED) is 0.0254. The average Bonchev–Trinajstić information content (AvgIpc) is 1.71. The van der Waals surface area contributed by atoms with Gasteiger partial charge in [-0.05, 0) is 197 Å². The number of nitrogens with zero attached hydrogens (tertiary/aromatic N) is 19. The van der Waals surface area contributed by atoms with Gasteiger partial charge in [0.15, 0.2) is 11.6 Å². The molecule has 33 heteroatoms. The van der Waals surface area contributed by atoms with Crippen molar-refractivity contribution in [3.63, 3.8) is 0 Å². The van der Waals surface area contributed by atoms with E-state index in [-0.39, 0.29) is 87.8 Å². The Kier molecular flexibility index (Phi) is 41.9. The number of rotatable bonds is 41. The summed E-state index contributed by atoms with van der Waals surface area (Å²) in [6.45, 7) is 7.18. The van der Waals surface area contributed by atoms with Crippen LogP contribution in [0.4, 0.5) is 5.69 Å². The largest absolute Gasteiger partial charge is 0.457 e. The fourth-order valence-electron chi connectivity index (χ4n) is 16.1. The number of nitro groups is 1. The van der Waals surface area contributed by atoms with Gasteiger partial charge in [0, 0.05) is 60.3 Å². The number of nitriles is 2. The number of aromatic nitrogens is 12. The molecule has 0 bridgehead atoms. The summed E-state index contributed by atoms with van der Waals surface area (Å²) in [6.07, 6.45) is 9.14. The van der Waals surface area contributed by atoms with Gasteiger partial charge in [0.05, 0.1) is 95.2 Å². The van der Waals surface area contributed by atoms with Crippen LogP contribution in [0.3, 0.4) is 0 Å². The Morgan fingerprint density at radius 1 is 0.389 bits per heavy atom. The molecule has 0 amide bonds. The first kappa shape index (κ1) is 112. The number of benzene rings is 14. The highest BCUT2D eigenvalue weighted by molar-refractivity contribution is 9.10. The van der Waals surface area contributed by atoms with E-state index < -0.39 is 35.0 Å². The highest BCUT2D eigenvalue weighted by atomic mass is 79.9. The van der Waals surface area contributed by atoms with Crippen LogP contribution in [-0.4, -0.2) is 133 Å². The molecule has 18 aromatic rings. The van der Waals surface area contributed by atoms with Gasteiger partial charge in [0.25, 0.3) is 5.69 Å². The van der Waals surface area contributed by atoms with Crippen molar-refractivity contribution in [1.82, 2.24) is 76.9 Å². The lowest BCUT2D eigenvalue weighted by atomic mass is 9.88. The molecule has 0 unspecified atom stereocenters. The number of nitro benzene ring substituents is 1. The Morgan fingerprint density at radius 2 is 0.772 bits per heavy atom. The summed E-state index contributed by atoms with van der Waals surface area (Å²) >= 11 is 9.58. The minimum absolute atomic E-state index is 0. The molecular weight excluding hydrogens is 2010 g/mol. The average molecular weight is 2130 g/mol. The molecule has 28 nitrogen and oxygen atoms in total. The van der Waals surface area contributed by atoms with Gasteiger partial charge in [-0.3, -0.25) is 15.0 Å². The zero-order valence-electron chi connectivity index (χ0n) is 79.9. The monoisotopic (exact) mass is 2130 g/mol. The Labute approximate surface area is 886 Å². The Morgan fingerprint density at radius 3 is 1.23 bits per heavy atom. The third-order valence-electron chi connectivity index (χ3n) is 23.9. The number of halogens is 2. The van der Waals surface area contributed by atoms with Crippen LogP contribution in [0.15, 0.2) is 427 Å². The van der Waals surface area contributed by atoms with E-state index in [0.29, 0.717) is 91.2 Å². The molecule has 0 spiro atoms. The maximum atomic E-state index is 14.0. The minimum Gasteiger partial charge on any atom is -0.457 e. The van der Waals surface area contributed by atoms with Crippen LogP contribution in [0, 0.1) is 39.7 Å². The van der Waals surface area contributed by atoms with Crippen molar-refractivity contribution < 1.29 is 34.9 Å². The summed E-state index contributed by atoms with van der Waals surface area (Å²) in [7, 11) is -11.3. The molecule has 0 fully saturated rings. The highest BCUT2D eigenvalue weighted by Gasteiger charge is 2.31. The van der Waals surface area contributed by atoms with Crippen molar-refractivity contribution in [3.8, 4) is 23.6 Å². The van der Waals surface area contributed by atoms with Crippen LogP contribution < -0.4 is 4.74 Å². The first-order chi connectivity index (χ1) is 71.0. The van der Waals surface area contributed by atoms with Gasteiger partial charge in [-0.25, -0.2) is 44.6 Å². The van der Waals surface area contributed by atoms with Crippen molar-refractivity contribution in [1.29, 1.82) is 10.5 Å².